The van der Waals surface area contributed by atoms with Gasteiger partial charge in [-0.1, -0.05) is 35.9 Å². The molecule has 0 saturated carbocycles. The molecule has 0 aliphatic rings. The number of benzene rings is 3. The maximum Gasteiger partial charge on any atom is 0.453 e. The van der Waals surface area contributed by atoms with Gasteiger partial charge in [0, 0.05) is 22.7 Å². The molecule has 33 heavy (non-hydrogen) atoms. The molecular weight excluding hydrogens is 461 g/mol. The van der Waals surface area contributed by atoms with Gasteiger partial charge in [-0.2, -0.15) is 13.2 Å². The number of hydrogen-bond acceptors (Lipinski definition) is 5. The Morgan fingerprint density at radius 1 is 0.939 bits per heavy atom. The number of methoxy groups -OCH3 is 1. The summed E-state index contributed by atoms with van der Waals surface area (Å²) in [5.41, 5.74) is -0.565. The molecule has 4 aromatic rings. The van der Waals surface area contributed by atoms with Crippen molar-refractivity contribution in [1.82, 2.24) is 0 Å². The van der Waals surface area contributed by atoms with Crippen LogP contribution in [0.4, 0.5) is 13.2 Å². The van der Waals surface area contributed by atoms with Crippen LogP contribution in [0.1, 0.15) is 11.3 Å². The Hall–Kier alpha value is -3.65. The van der Waals surface area contributed by atoms with Gasteiger partial charge < -0.3 is 18.6 Å². The van der Waals surface area contributed by atoms with Crippen LogP contribution in [0.5, 0.6) is 23.0 Å². The fraction of sp³-hybridized carbons (Fsp3) is 0.125. The van der Waals surface area contributed by atoms with E-state index in [1.54, 1.807) is 30.3 Å². The van der Waals surface area contributed by atoms with Crippen molar-refractivity contribution >= 4 is 22.6 Å². The van der Waals surface area contributed by atoms with E-state index < -0.39 is 23.1 Å². The van der Waals surface area contributed by atoms with Crippen molar-refractivity contribution < 1.29 is 31.8 Å². The summed E-state index contributed by atoms with van der Waals surface area (Å²) in [6.45, 7) is 0.0819. The fourth-order valence-electron chi connectivity index (χ4n) is 3.08. The minimum absolute atomic E-state index is 0.00815. The molecule has 3 aromatic carbocycles. The lowest BCUT2D eigenvalue weighted by atomic mass is 10.2. The lowest BCUT2D eigenvalue weighted by Crippen LogP contribution is -2.15. The van der Waals surface area contributed by atoms with E-state index in [2.05, 4.69) is 0 Å². The van der Waals surface area contributed by atoms with E-state index in [0.29, 0.717) is 16.3 Å². The molecule has 0 atom stereocenters. The first-order valence-corrected chi connectivity index (χ1v) is 10.00. The molecule has 1 heterocycles. The highest BCUT2D eigenvalue weighted by Crippen LogP contribution is 2.39. The Morgan fingerprint density at radius 3 is 2.42 bits per heavy atom. The molecule has 4 rings (SSSR count). The molecule has 5 nitrogen and oxygen atoms in total. The summed E-state index contributed by atoms with van der Waals surface area (Å²) in [6, 6.07) is 16.9. The molecule has 0 fully saturated rings. The van der Waals surface area contributed by atoms with E-state index in [4.69, 9.17) is 30.2 Å². The lowest BCUT2D eigenvalue weighted by Gasteiger charge is -2.14. The van der Waals surface area contributed by atoms with E-state index >= 15 is 0 Å². The smallest absolute Gasteiger partial charge is 0.453 e. The summed E-state index contributed by atoms with van der Waals surface area (Å²) < 4.78 is 62.3. The molecule has 1 aromatic heterocycles. The standard InChI is InChI=1S/C24H16ClF3O5/c1-30-15-6-4-7-17(11-15)32-22-21(29)18-10-9-16(12-20(18)33-23(22)24(26,27)28)31-13-14-5-2-3-8-19(14)25/h2-12H,13H2,1H3. The van der Waals surface area contributed by atoms with Gasteiger partial charge in [-0.15, -0.1) is 0 Å². The predicted octanol–water partition coefficient (Wildman–Crippen LogP) is 6.85. The molecule has 0 amide bonds. The summed E-state index contributed by atoms with van der Waals surface area (Å²) in [5.74, 6) is -1.96. The van der Waals surface area contributed by atoms with Crippen LogP contribution in [0, 0.1) is 0 Å². The first-order chi connectivity index (χ1) is 15.8. The largest absolute Gasteiger partial charge is 0.497 e. The average molecular weight is 477 g/mol. The zero-order valence-corrected chi connectivity index (χ0v) is 17.9. The summed E-state index contributed by atoms with van der Waals surface area (Å²) in [6.07, 6.45) is -4.98. The van der Waals surface area contributed by atoms with Crippen LogP contribution in [0.25, 0.3) is 11.0 Å². The van der Waals surface area contributed by atoms with Gasteiger partial charge in [-0.25, -0.2) is 0 Å². The van der Waals surface area contributed by atoms with Crippen LogP contribution in [-0.2, 0) is 12.8 Å². The van der Waals surface area contributed by atoms with Crippen LogP contribution in [-0.4, -0.2) is 7.11 Å². The zero-order chi connectivity index (χ0) is 23.6. The Balaban J connectivity index is 1.73. The predicted molar refractivity (Wildman–Crippen MR) is 116 cm³/mol. The van der Waals surface area contributed by atoms with Crippen LogP contribution in [0.15, 0.2) is 75.9 Å². The third-order valence-electron chi connectivity index (χ3n) is 4.69. The van der Waals surface area contributed by atoms with Crippen molar-refractivity contribution in [3.63, 3.8) is 0 Å². The highest BCUT2D eigenvalue weighted by Gasteiger charge is 2.40. The number of hydrogen-bond donors (Lipinski definition) is 0. The molecular formula is C24H16ClF3O5. The summed E-state index contributed by atoms with van der Waals surface area (Å²) in [4.78, 5) is 12.9. The lowest BCUT2D eigenvalue weighted by molar-refractivity contribution is -0.154. The van der Waals surface area contributed by atoms with Crippen LogP contribution < -0.4 is 19.6 Å². The van der Waals surface area contributed by atoms with Crippen LogP contribution in [0.2, 0.25) is 5.02 Å². The van der Waals surface area contributed by atoms with Gasteiger partial charge in [0.1, 0.15) is 29.4 Å². The van der Waals surface area contributed by atoms with Gasteiger partial charge in [0.15, 0.2) is 0 Å². The first-order valence-electron chi connectivity index (χ1n) is 9.62. The molecule has 0 bridgehead atoms. The quantitative estimate of drug-likeness (QED) is 0.305. The number of fused-ring (bicyclic) bond motifs is 1. The van der Waals surface area contributed by atoms with Crippen molar-refractivity contribution in [2.75, 3.05) is 7.11 Å². The van der Waals surface area contributed by atoms with Crippen molar-refractivity contribution in [1.29, 1.82) is 0 Å². The number of rotatable bonds is 6. The second-order valence-corrected chi connectivity index (χ2v) is 7.31. The molecule has 0 N–H and O–H groups in total. The number of halogens is 4. The topological polar surface area (TPSA) is 57.9 Å². The highest BCUT2D eigenvalue weighted by atomic mass is 35.5. The summed E-state index contributed by atoms with van der Waals surface area (Å²) in [7, 11) is 1.40. The molecule has 0 saturated heterocycles. The van der Waals surface area contributed by atoms with E-state index in [1.807, 2.05) is 0 Å². The maximum absolute atomic E-state index is 13.7. The second-order valence-electron chi connectivity index (χ2n) is 6.91. The molecule has 0 spiro atoms. The van der Waals surface area contributed by atoms with Crippen molar-refractivity contribution in [3.05, 3.63) is 93.3 Å². The third kappa shape index (κ3) is 4.90. The summed E-state index contributed by atoms with van der Waals surface area (Å²) in [5, 5.41) is 0.398. The van der Waals surface area contributed by atoms with Gasteiger partial charge >= 0.3 is 6.18 Å². The minimum atomic E-state index is -4.98. The van der Waals surface area contributed by atoms with Crippen LogP contribution >= 0.6 is 11.6 Å². The Kier molecular flexibility index (Phi) is 6.20. The molecule has 0 unspecified atom stereocenters. The van der Waals surface area contributed by atoms with Gasteiger partial charge in [-0.3, -0.25) is 4.79 Å². The van der Waals surface area contributed by atoms with Crippen molar-refractivity contribution in [2.24, 2.45) is 0 Å². The van der Waals surface area contributed by atoms with Crippen molar-refractivity contribution in [3.8, 4) is 23.0 Å². The molecule has 0 aliphatic carbocycles. The zero-order valence-electron chi connectivity index (χ0n) is 17.1. The SMILES string of the molecule is COc1cccc(Oc2c(C(F)(F)F)oc3cc(OCc4ccccc4Cl)ccc3c2=O)c1. The normalized spacial score (nSPS) is 11.4. The third-order valence-corrected chi connectivity index (χ3v) is 5.06. The Morgan fingerprint density at radius 2 is 1.70 bits per heavy atom. The van der Waals surface area contributed by atoms with Gasteiger partial charge in [0.25, 0.3) is 5.76 Å². The summed E-state index contributed by atoms with van der Waals surface area (Å²) >= 11 is 6.09. The molecule has 9 heteroatoms. The number of alkyl halides is 3. The van der Waals surface area contributed by atoms with Gasteiger partial charge in [-0.05, 0) is 30.3 Å². The molecule has 170 valence electrons. The van der Waals surface area contributed by atoms with E-state index in [9.17, 15) is 18.0 Å². The maximum atomic E-state index is 13.7. The monoisotopic (exact) mass is 476 g/mol. The minimum Gasteiger partial charge on any atom is -0.497 e. The average Bonchev–Trinajstić information content (AvgIpc) is 2.79. The Bertz CT molecular complexity index is 1360. The Labute approximate surface area is 190 Å². The molecule has 0 radical (unpaired) electrons. The van der Waals surface area contributed by atoms with Crippen LogP contribution in [0.3, 0.4) is 0 Å². The van der Waals surface area contributed by atoms with E-state index in [0.717, 1.165) is 0 Å². The second kappa shape index (κ2) is 9.07. The van der Waals surface area contributed by atoms with E-state index in [-0.39, 0.29) is 29.1 Å². The first kappa shape index (κ1) is 22.5. The number of ether oxygens (including phenoxy) is 3. The van der Waals surface area contributed by atoms with Gasteiger partial charge in [0.2, 0.25) is 11.2 Å². The van der Waals surface area contributed by atoms with E-state index in [1.165, 1.54) is 43.5 Å². The molecule has 0 aliphatic heterocycles. The van der Waals surface area contributed by atoms with Crippen molar-refractivity contribution in [2.45, 2.75) is 12.8 Å². The van der Waals surface area contributed by atoms with Gasteiger partial charge in [0.05, 0.1) is 12.5 Å². The fourth-order valence-corrected chi connectivity index (χ4v) is 3.27. The highest BCUT2D eigenvalue weighted by molar-refractivity contribution is 6.31.